The molecule has 0 spiro atoms. The molecule has 23 heavy (non-hydrogen) atoms. The van der Waals surface area contributed by atoms with E-state index >= 15 is 0 Å². The first kappa shape index (κ1) is 16.3. The van der Waals surface area contributed by atoms with Crippen LogP contribution in [0.2, 0.25) is 5.02 Å². The number of halogens is 1. The quantitative estimate of drug-likeness (QED) is 0.932. The van der Waals surface area contributed by atoms with Crippen LogP contribution in [-0.2, 0) is 0 Å². The Morgan fingerprint density at radius 3 is 2.74 bits per heavy atom. The zero-order chi connectivity index (χ0) is 16.4. The Morgan fingerprint density at radius 2 is 2.04 bits per heavy atom. The molecule has 2 heterocycles. The molecule has 0 atom stereocenters. The number of rotatable bonds is 4. The summed E-state index contributed by atoms with van der Waals surface area (Å²) < 4.78 is 5.76. The molecule has 0 unspecified atom stereocenters. The first-order chi connectivity index (χ1) is 11.1. The SMILES string of the molecule is Cc1c(C(=O)N2CCN(CCCO)CC2)oc2ccc(Cl)cc12. The van der Waals surface area contributed by atoms with Crippen LogP contribution >= 0.6 is 11.6 Å². The summed E-state index contributed by atoms with van der Waals surface area (Å²) in [5.41, 5.74) is 1.53. The van der Waals surface area contributed by atoms with Crippen molar-refractivity contribution in [1.82, 2.24) is 9.80 Å². The van der Waals surface area contributed by atoms with Gasteiger partial charge in [0.1, 0.15) is 5.58 Å². The van der Waals surface area contributed by atoms with Gasteiger partial charge in [-0.25, -0.2) is 0 Å². The molecule has 1 aromatic carbocycles. The highest BCUT2D eigenvalue weighted by molar-refractivity contribution is 6.31. The van der Waals surface area contributed by atoms with E-state index in [0.29, 0.717) is 29.5 Å². The summed E-state index contributed by atoms with van der Waals surface area (Å²) in [6.07, 6.45) is 0.775. The molecule has 0 saturated carbocycles. The van der Waals surface area contributed by atoms with Crippen LogP contribution in [0.25, 0.3) is 11.0 Å². The Balaban J connectivity index is 1.73. The second kappa shape index (κ2) is 6.91. The van der Waals surface area contributed by atoms with Crippen molar-refractivity contribution in [2.75, 3.05) is 39.3 Å². The van der Waals surface area contributed by atoms with Crippen molar-refractivity contribution in [3.05, 3.63) is 34.5 Å². The summed E-state index contributed by atoms with van der Waals surface area (Å²) in [5, 5.41) is 10.4. The minimum Gasteiger partial charge on any atom is -0.451 e. The van der Waals surface area contributed by atoms with E-state index in [4.69, 9.17) is 21.1 Å². The van der Waals surface area contributed by atoms with Crippen LogP contribution in [0.1, 0.15) is 22.5 Å². The van der Waals surface area contributed by atoms with E-state index in [1.54, 1.807) is 12.1 Å². The van der Waals surface area contributed by atoms with E-state index < -0.39 is 0 Å². The number of hydrogen-bond donors (Lipinski definition) is 1. The first-order valence-electron chi connectivity index (χ1n) is 7.91. The van der Waals surface area contributed by atoms with Crippen LogP contribution in [-0.4, -0.2) is 60.1 Å². The number of carbonyl (C=O) groups excluding carboxylic acids is 1. The van der Waals surface area contributed by atoms with Crippen molar-refractivity contribution in [2.45, 2.75) is 13.3 Å². The number of aliphatic hydroxyl groups excluding tert-OH is 1. The van der Waals surface area contributed by atoms with Crippen LogP contribution in [0.3, 0.4) is 0 Å². The molecule has 0 aliphatic carbocycles. The average molecular weight is 337 g/mol. The van der Waals surface area contributed by atoms with Crippen molar-refractivity contribution in [1.29, 1.82) is 0 Å². The summed E-state index contributed by atoms with van der Waals surface area (Å²) in [7, 11) is 0. The fourth-order valence-corrected chi connectivity index (χ4v) is 3.18. The predicted octanol–water partition coefficient (Wildman–Crippen LogP) is 2.53. The second-order valence-electron chi connectivity index (χ2n) is 5.91. The van der Waals surface area contributed by atoms with Gasteiger partial charge in [0, 0.05) is 55.3 Å². The van der Waals surface area contributed by atoms with Crippen LogP contribution in [0, 0.1) is 6.92 Å². The number of fused-ring (bicyclic) bond motifs is 1. The molecule has 124 valence electrons. The van der Waals surface area contributed by atoms with Gasteiger partial charge in [0.15, 0.2) is 5.76 Å². The van der Waals surface area contributed by atoms with Gasteiger partial charge in [0.25, 0.3) is 5.91 Å². The van der Waals surface area contributed by atoms with Crippen LogP contribution in [0.15, 0.2) is 22.6 Å². The lowest BCUT2D eigenvalue weighted by Gasteiger charge is -2.34. The van der Waals surface area contributed by atoms with E-state index in [1.807, 2.05) is 17.9 Å². The number of nitrogens with zero attached hydrogens (tertiary/aromatic N) is 2. The maximum atomic E-state index is 12.7. The molecule has 1 aliphatic heterocycles. The highest BCUT2D eigenvalue weighted by atomic mass is 35.5. The minimum absolute atomic E-state index is 0.0587. The largest absolute Gasteiger partial charge is 0.451 e. The molecule has 1 amide bonds. The normalized spacial score (nSPS) is 16.2. The van der Waals surface area contributed by atoms with Crippen molar-refractivity contribution in [3.8, 4) is 0 Å². The number of aliphatic hydroxyl groups is 1. The smallest absolute Gasteiger partial charge is 0.289 e. The van der Waals surface area contributed by atoms with E-state index in [1.165, 1.54) is 0 Å². The molecule has 1 fully saturated rings. The van der Waals surface area contributed by atoms with E-state index in [-0.39, 0.29) is 12.5 Å². The molecule has 1 aliphatic rings. The first-order valence-corrected chi connectivity index (χ1v) is 8.29. The number of amides is 1. The van der Waals surface area contributed by atoms with Crippen LogP contribution in [0.4, 0.5) is 0 Å². The molecule has 2 aromatic rings. The molecular weight excluding hydrogens is 316 g/mol. The third-order valence-electron chi connectivity index (χ3n) is 4.38. The molecule has 3 rings (SSSR count). The maximum absolute atomic E-state index is 12.7. The molecular formula is C17H21ClN2O3. The highest BCUT2D eigenvalue weighted by Crippen LogP contribution is 2.28. The number of aryl methyl sites for hydroxylation is 1. The molecule has 1 N–H and O–H groups in total. The Hall–Kier alpha value is -1.56. The standard InChI is InChI=1S/C17H21ClN2O3/c1-12-14-11-13(18)3-4-15(14)23-16(12)17(22)20-8-6-19(7-9-20)5-2-10-21/h3-4,11,21H,2,5-10H2,1H3. The fourth-order valence-electron chi connectivity index (χ4n) is 3.01. The fraction of sp³-hybridized carbons (Fsp3) is 0.471. The lowest BCUT2D eigenvalue weighted by atomic mass is 10.1. The topological polar surface area (TPSA) is 56.9 Å². The van der Waals surface area contributed by atoms with Gasteiger partial charge in [-0.3, -0.25) is 9.69 Å². The number of carbonyl (C=O) groups is 1. The Morgan fingerprint density at radius 1 is 1.30 bits per heavy atom. The van der Waals surface area contributed by atoms with Gasteiger partial charge in [0.2, 0.25) is 0 Å². The third-order valence-corrected chi connectivity index (χ3v) is 4.62. The average Bonchev–Trinajstić information content (AvgIpc) is 2.89. The number of benzene rings is 1. The van der Waals surface area contributed by atoms with Gasteiger partial charge >= 0.3 is 0 Å². The van der Waals surface area contributed by atoms with Crippen molar-refractivity contribution >= 4 is 28.5 Å². The van der Waals surface area contributed by atoms with Crippen LogP contribution < -0.4 is 0 Å². The lowest BCUT2D eigenvalue weighted by molar-refractivity contribution is 0.0600. The molecule has 0 bridgehead atoms. The predicted molar refractivity (Wildman–Crippen MR) is 90.0 cm³/mol. The van der Waals surface area contributed by atoms with Gasteiger partial charge in [0.05, 0.1) is 0 Å². The summed E-state index contributed by atoms with van der Waals surface area (Å²) in [4.78, 5) is 16.8. The van der Waals surface area contributed by atoms with Crippen molar-refractivity contribution in [2.24, 2.45) is 0 Å². The zero-order valence-corrected chi connectivity index (χ0v) is 14.0. The summed E-state index contributed by atoms with van der Waals surface area (Å²) >= 11 is 6.03. The van der Waals surface area contributed by atoms with Gasteiger partial charge in [-0.2, -0.15) is 0 Å². The van der Waals surface area contributed by atoms with Crippen molar-refractivity contribution < 1.29 is 14.3 Å². The Kier molecular flexibility index (Phi) is 4.90. The zero-order valence-electron chi connectivity index (χ0n) is 13.2. The summed E-state index contributed by atoms with van der Waals surface area (Å²) in [5.74, 6) is 0.350. The highest BCUT2D eigenvalue weighted by Gasteiger charge is 2.26. The molecule has 6 heteroatoms. The lowest BCUT2D eigenvalue weighted by Crippen LogP contribution is -2.49. The molecule has 1 aromatic heterocycles. The van der Waals surface area contributed by atoms with E-state index in [9.17, 15) is 4.79 Å². The summed E-state index contributed by atoms with van der Waals surface area (Å²) in [6.45, 7) is 6.00. The molecule has 1 saturated heterocycles. The van der Waals surface area contributed by atoms with E-state index in [0.717, 1.165) is 37.0 Å². The Bertz CT molecular complexity index is 705. The van der Waals surface area contributed by atoms with Gasteiger partial charge in [-0.1, -0.05) is 11.6 Å². The number of piperazine rings is 1. The van der Waals surface area contributed by atoms with Gasteiger partial charge in [-0.15, -0.1) is 0 Å². The maximum Gasteiger partial charge on any atom is 0.289 e. The number of hydrogen-bond acceptors (Lipinski definition) is 4. The van der Waals surface area contributed by atoms with E-state index in [2.05, 4.69) is 4.90 Å². The molecule has 5 nitrogen and oxygen atoms in total. The Labute approximate surface area is 140 Å². The summed E-state index contributed by atoms with van der Waals surface area (Å²) in [6, 6.07) is 5.40. The van der Waals surface area contributed by atoms with Gasteiger partial charge < -0.3 is 14.4 Å². The minimum atomic E-state index is -0.0587. The van der Waals surface area contributed by atoms with Gasteiger partial charge in [-0.05, 0) is 31.5 Å². The second-order valence-corrected chi connectivity index (χ2v) is 6.34. The monoisotopic (exact) mass is 336 g/mol. The third kappa shape index (κ3) is 3.37. The molecule has 0 radical (unpaired) electrons. The van der Waals surface area contributed by atoms with Crippen LogP contribution in [0.5, 0.6) is 0 Å². The van der Waals surface area contributed by atoms with Crippen molar-refractivity contribution in [3.63, 3.8) is 0 Å². The number of furan rings is 1.